The topological polar surface area (TPSA) is 78.8 Å². The van der Waals surface area contributed by atoms with Gasteiger partial charge in [-0.1, -0.05) is 55.9 Å². The highest BCUT2D eigenvalue weighted by Gasteiger charge is 2.24. The van der Waals surface area contributed by atoms with Crippen LogP contribution in [0.2, 0.25) is 5.02 Å². The van der Waals surface area contributed by atoms with Crippen molar-refractivity contribution in [2.24, 2.45) is 10.9 Å². The third-order valence-corrected chi connectivity index (χ3v) is 9.16. The highest BCUT2D eigenvalue weighted by Crippen LogP contribution is 2.29. The SMILES string of the molecule is C=C(CC(CC1CCCCC1)NC(=O)CC/C(C)=N/c1ccc(Cl)cc1C)CN1CCS(=O)(=O)CC1. The second kappa shape index (κ2) is 13.7. The number of hydrogen-bond acceptors (Lipinski definition) is 5. The van der Waals surface area contributed by atoms with Crippen LogP contribution in [0.5, 0.6) is 0 Å². The van der Waals surface area contributed by atoms with E-state index in [0.717, 1.165) is 35.4 Å². The molecule has 1 aliphatic carbocycles. The van der Waals surface area contributed by atoms with Gasteiger partial charge in [-0.2, -0.15) is 0 Å². The molecule has 0 bridgehead atoms. The van der Waals surface area contributed by atoms with Crippen LogP contribution in [0.1, 0.15) is 70.3 Å². The number of amides is 1. The summed E-state index contributed by atoms with van der Waals surface area (Å²) in [5.41, 5.74) is 3.88. The first-order valence-electron chi connectivity index (χ1n) is 13.3. The molecule has 1 unspecified atom stereocenters. The summed E-state index contributed by atoms with van der Waals surface area (Å²) in [4.78, 5) is 19.8. The van der Waals surface area contributed by atoms with E-state index in [1.807, 2.05) is 32.0 Å². The fourth-order valence-electron chi connectivity index (χ4n) is 5.26. The third kappa shape index (κ3) is 9.98. The zero-order valence-corrected chi connectivity index (χ0v) is 23.5. The van der Waals surface area contributed by atoms with Crippen LogP contribution in [-0.2, 0) is 14.6 Å². The molecule has 1 amide bonds. The molecule has 1 saturated heterocycles. The molecule has 0 spiro atoms. The van der Waals surface area contributed by atoms with E-state index < -0.39 is 9.84 Å². The van der Waals surface area contributed by atoms with Crippen molar-refractivity contribution in [1.82, 2.24) is 10.2 Å². The smallest absolute Gasteiger partial charge is 0.220 e. The number of benzene rings is 1. The van der Waals surface area contributed by atoms with E-state index in [1.165, 1.54) is 32.1 Å². The minimum atomic E-state index is -2.89. The van der Waals surface area contributed by atoms with Gasteiger partial charge in [0.25, 0.3) is 0 Å². The van der Waals surface area contributed by atoms with Gasteiger partial charge in [0, 0.05) is 42.8 Å². The summed E-state index contributed by atoms with van der Waals surface area (Å²) < 4.78 is 23.5. The first-order valence-corrected chi connectivity index (χ1v) is 15.5. The van der Waals surface area contributed by atoms with Crippen LogP contribution in [0.4, 0.5) is 5.69 Å². The summed E-state index contributed by atoms with van der Waals surface area (Å²) in [7, 11) is -2.89. The number of nitrogens with zero attached hydrogens (tertiary/aromatic N) is 2. The van der Waals surface area contributed by atoms with Gasteiger partial charge in [0.05, 0.1) is 17.2 Å². The molecular formula is C28H42ClN3O3S. The van der Waals surface area contributed by atoms with E-state index in [4.69, 9.17) is 11.6 Å². The maximum Gasteiger partial charge on any atom is 0.220 e. The summed E-state index contributed by atoms with van der Waals surface area (Å²) in [6.07, 6.45) is 9.04. The molecule has 1 N–H and O–H groups in total. The Morgan fingerprint density at radius 3 is 2.56 bits per heavy atom. The van der Waals surface area contributed by atoms with Gasteiger partial charge in [-0.3, -0.25) is 14.7 Å². The summed E-state index contributed by atoms with van der Waals surface area (Å²) in [5.74, 6) is 1.14. The van der Waals surface area contributed by atoms with E-state index in [1.54, 1.807) is 0 Å². The van der Waals surface area contributed by atoms with Crippen molar-refractivity contribution in [2.75, 3.05) is 31.1 Å². The molecule has 36 heavy (non-hydrogen) atoms. The predicted molar refractivity (Wildman–Crippen MR) is 150 cm³/mol. The molecule has 0 aromatic heterocycles. The lowest BCUT2D eigenvalue weighted by Crippen LogP contribution is -2.42. The van der Waals surface area contributed by atoms with Crippen molar-refractivity contribution in [2.45, 2.75) is 77.7 Å². The molecule has 8 heteroatoms. The predicted octanol–water partition coefficient (Wildman–Crippen LogP) is 5.65. The zero-order valence-electron chi connectivity index (χ0n) is 21.9. The van der Waals surface area contributed by atoms with Crippen molar-refractivity contribution < 1.29 is 13.2 Å². The average molecular weight is 536 g/mol. The van der Waals surface area contributed by atoms with Crippen LogP contribution in [-0.4, -0.2) is 62.1 Å². The number of aliphatic imine (C=N–C) groups is 1. The highest BCUT2D eigenvalue weighted by atomic mass is 35.5. The minimum Gasteiger partial charge on any atom is -0.353 e. The van der Waals surface area contributed by atoms with Crippen molar-refractivity contribution in [3.05, 3.63) is 40.9 Å². The van der Waals surface area contributed by atoms with Gasteiger partial charge in [-0.25, -0.2) is 8.42 Å². The molecule has 200 valence electrons. The van der Waals surface area contributed by atoms with E-state index in [9.17, 15) is 13.2 Å². The lowest BCUT2D eigenvalue weighted by Gasteiger charge is -2.30. The van der Waals surface area contributed by atoms with E-state index in [2.05, 4.69) is 21.8 Å². The van der Waals surface area contributed by atoms with Gasteiger partial charge in [-0.05, 0) is 62.8 Å². The molecule has 1 saturated carbocycles. The number of carbonyl (C=O) groups excluding carboxylic acids is 1. The van der Waals surface area contributed by atoms with Crippen molar-refractivity contribution >= 4 is 38.7 Å². The standard InChI is InChI=1S/C28H42ClN3O3S/c1-21(20-32-13-15-36(34,35)16-14-32)17-26(19-24-7-5-4-6-8-24)31-28(33)12-9-23(3)30-27-11-10-25(29)18-22(27)2/h10-11,18,24,26H,1,4-9,12-17,19-20H2,2-3H3,(H,31,33)/b30-23+. The van der Waals surface area contributed by atoms with Crippen molar-refractivity contribution in [3.63, 3.8) is 0 Å². The zero-order chi connectivity index (χ0) is 26.1. The summed E-state index contributed by atoms with van der Waals surface area (Å²) in [5, 5.41) is 3.99. The Balaban J connectivity index is 1.53. The molecule has 0 radical (unpaired) electrons. The lowest BCUT2D eigenvalue weighted by molar-refractivity contribution is -0.121. The molecule has 1 aliphatic heterocycles. The number of halogens is 1. The van der Waals surface area contributed by atoms with E-state index in [0.29, 0.717) is 43.4 Å². The average Bonchev–Trinajstić information content (AvgIpc) is 2.81. The Morgan fingerprint density at radius 1 is 1.19 bits per heavy atom. The van der Waals surface area contributed by atoms with Gasteiger partial charge < -0.3 is 5.32 Å². The van der Waals surface area contributed by atoms with Gasteiger partial charge >= 0.3 is 0 Å². The van der Waals surface area contributed by atoms with E-state index in [-0.39, 0.29) is 23.5 Å². The molecule has 2 aliphatic rings. The maximum atomic E-state index is 12.9. The van der Waals surface area contributed by atoms with Crippen LogP contribution >= 0.6 is 11.6 Å². The number of sulfone groups is 1. The van der Waals surface area contributed by atoms with Crippen LogP contribution in [0.15, 0.2) is 35.3 Å². The lowest BCUT2D eigenvalue weighted by atomic mass is 9.83. The third-order valence-electron chi connectivity index (χ3n) is 7.31. The van der Waals surface area contributed by atoms with Crippen LogP contribution in [0.3, 0.4) is 0 Å². The molecule has 1 aromatic rings. The minimum absolute atomic E-state index is 0.0510. The van der Waals surface area contributed by atoms with Crippen LogP contribution < -0.4 is 5.32 Å². The second-order valence-electron chi connectivity index (χ2n) is 10.7. The van der Waals surface area contributed by atoms with Crippen LogP contribution in [0.25, 0.3) is 0 Å². The Hall–Kier alpha value is -1.70. The number of nitrogens with one attached hydrogen (secondary N) is 1. The number of hydrogen-bond donors (Lipinski definition) is 1. The first kappa shape index (κ1) is 28.9. The van der Waals surface area contributed by atoms with Gasteiger partial charge in [0.2, 0.25) is 5.91 Å². The van der Waals surface area contributed by atoms with Gasteiger partial charge in [0.15, 0.2) is 9.84 Å². The Morgan fingerprint density at radius 2 is 1.89 bits per heavy atom. The number of aryl methyl sites for hydroxylation is 1. The fourth-order valence-corrected chi connectivity index (χ4v) is 6.76. The number of rotatable bonds is 11. The molecular weight excluding hydrogens is 494 g/mol. The van der Waals surface area contributed by atoms with Crippen LogP contribution in [0, 0.1) is 12.8 Å². The largest absolute Gasteiger partial charge is 0.353 e. The fraction of sp³-hybridized carbons (Fsp3) is 0.643. The van der Waals surface area contributed by atoms with Gasteiger partial charge in [0.1, 0.15) is 0 Å². The highest BCUT2D eigenvalue weighted by molar-refractivity contribution is 7.91. The normalized spacial score (nSPS) is 20.1. The van der Waals surface area contributed by atoms with Crippen molar-refractivity contribution in [1.29, 1.82) is 0 Å². The first-order chi connectivity index (χ1) is 17.1. The molecule has 6 nitrogen and oxygen atoms in total. The maximum absolute atomic E-state index is 12.9. The molecule has 3 rings (SSSR count). The quantitative estimate of drug-likeness (QED) is 0.293. The Labute approximate surface area is 222 Å². The summed E-state index contributed by atoms with van der Waals surface area (Å²) in [6.45, 7) is 10.0. The number of carbonyl (C=O) groups is 1. The van der Waals surface area contributed by atoms with Crippen molar-refractivity contribution in [3.8, 4) is 0 Å². The molecule has 1 heterocycles. The summed E-state index contributed by atoms with van der Waals surface area (Å²) >= 11 is 6.04. The monoisotopic (exact) mass is 535 g/mol. The van der Waals surface area contributed by atoms with Gasteiger partial charge in [-0.15, -0.1) is 0 Å². The molecule has 2 fully saturated rings. The van der Waals surface area contributed by atoms with E-state index >= 15 is 0 Å². The molecule has 1 atom stereocenters. The summed E-state index contributed by atoms with van der Waals surface area (Å²) in [6, 6.07) is 5.70. The Bertz CT molecular complexity index is 1030. The molecule has 1 aromatic carbocycles. The Kier molecular flexibility index (Phi) is 11.0. The second-order valence-corrected chi connectivity index (χ2v) is 13.4.